The minimum atomic E-state index is -0.981. The molecule has 0 unspecified atom stereocenters. The first-order valence-corrected chi connectivity index (χ1v) is 12.3. The number of amides is 2. The molecule has 0 aliphatic carbocycles. The zero-order chi connectivity index (χ0) is 26.4. The largest absolute Gasteiger partial charge is 0.444 e. The van der Waals surface area contributed by atoms with E-state index in [2.05, 4.69) is 5.32 Å². The Bertz CT molecular complexity index is 1370. The van der Waals surface area contributed by atoms with Crippen LogP contribution >= 0.6 is 0 Å². The first-order valence-electron chi connectivity index (χ1n) is 12.3. The van der Waals surface area contributed by atoms with Gasteiger partial charge in [0.05, 0.1) is 12.6 Å². The number of carbonyl (C=O) groups is 2. The summed E-state index contributed by atoms with van der Waals surface area (Å²) in [6.07, 6.45) is -1.48. The summed E-state index contributed by atoms with van der Waals surface area (Å²) in [5.41, 5.74) is 1.97. The van der Waals surface area contributed by atoms with Crippen LogP contribution in [0.3, 0.4) is 0 Å². The fourth-order valence-electron chi connectivity index (χ4n) is 4.09. The number of carbonyl (C=O) groups excluding carboxylic acids is 2. The summed E-state index contributed by atoms with van der Waals surface area (Å²) in [4.78, 5) is 27.5. The van der Waals surface area contributed by atoms with E-state index >= 15 is 0 Å². The maximum atomic E-state index is 13.1. The number of nitrogens with zero attached hydrogens (tertiary/aromatic N) is 1. The van der Waals surface area contributed by atoms with Crippen molar-refractivity contribution in [2.45, 2.75) is 39.0 Å². The van der Waals surface area contributed by atoms with E-state index < -0.39 is 17.8 Å². The Balaban J connectivity index is 1.51. The van der Waals surface area contributed by atoms with Gasteiger partial charge in [0.1, 0.15) is 5.60 Å². The minimum absolute atomic E-state index is 0.0323. The lowest BCUT2D eigenvalue weighted by atomic mass is 10.0. The summed E-state index contributed by atoms with van der Waals surface area (Å²) in [5, 5.41) is 15.9. The van der Waals surface area contributed by atoms with Crippen molar-refractivity contribution in [3.05, 3.63) is 114 Å². The van der Waals surface area contributed by atoms with Crippen molar-refractivity contribution < 1.29 is 19.4 Å². The zero-order valence-electron chi connectivity index (χ0n) is 21.3. The molecular weight excluding hydrogens is 464 g/mol. The zero-order valence-corrected chi connectivity index (χ0v) is 21.3. The van der Waals surface area contributed by atoms with Gasteiger partial charge in [0.2, 0.25) is 0 Å². The number of benzene rings is 4. The number of ether oxygens (including phenoxy) is 1. The lowest BCUT2D eigenvalue weighted by Crippen LogP contribution is -2.38. The SMILES string of the molecule is CC(C)(C)OC(=O)N(Cc1ccccc1)C[C@H](O)c1cccc(NC(=O)c2cccc3ccccc23)c1. The number of nitrogens with one attached hydrogen (secondary N) is 1. The molecule has 4 aromatic carbocycles. The number of aliphatic hydroxyl groups excluding tert-OH is 1. The van der Waals surface area contributed by atoms with E-state index in [1.807, 2.05) is 87.5 Å². The molecule has 2 N–H and O–H groups in total. The Kier molecular flexibility index (Phi) is 7.89. The van der Waals surface area contributed by atoms with Crippen molar-refractivity contribution in [3.8, 4) is 0 Å². The Labute approximate surface area is 217 Å². The molecule has 190 valence electrons. The van der Waals surface area contributed by atoms with Crippen LogP contribution in [-0.4, -0.2) is 34.2 Å². The molecule has 0 bridgehead atoms. The lowest BCUT2D eigenvalue weighted by Gasteiger charge is -2.29. The van der Waals surface area contributed by atoms with Crippen molar-refractivity contribution >= 4 is 28.5 Å². The summed E-state index contributed by atoms with van der Waals surface area (Å²) in [7, 11) is 0. The topological polar surface area (TPSA) is 78.9 Å². The summed E-state index contributed by atoms with van der Waals surface area (Å²) >= 11 is 0. The first kappa shape index (κ1) is 25.9. The van der Waals surface area contributed by atoms with Crippen LogP contribution in [-0.2, 0) is 11.3 Å². The van der Waals surface area contributed by atoms with Gasteiger partial charge in [0.15, 0.2) is 0 Å². The fraction of sp³-hybridized carbons (Fsp3) is 0.226. The van der Waals surface area contributed by atoms with Crippen LogP contribution in [0.1, 0.15) is 48.4 Å². The Morgan fingerprint density at radius 3 is 2.32 bits per heavy atom. The molecular formula is C31H32N2O4. The summed E-state index contributed by atoms with van der Waals surface area (Å²) < 4.78 is 5.59. The third kappa shape index (κ3) is 6.96. The Morgan fingerprint density at radius 2 is 1.57 bits per heavy atom. The molecule has 0 spiro atoms. The van der Waals surface area contributed by atoms with Crippen LogP contribution in [0.25, 0.3) is 10.8 Å². The Morgan fingerprint density at radius 1 is 0.892 bits per heavy atom. The second-order valence-corrected chi connectivity index (χ2v) is 9.97. The molecule has 37 heavy (non-hydrogen) atoms. The third-order valence-corrected chi connectivity index (χ3v) is 5.82. The highest BCUT2D eigenvalue weighted by molar-refractivity contribution is 6.12. The summed E-state index contributed by atoms with van der Waals surface area (Å²) in [5.74, 6) is -0.233. The maximum absolute atomic E-state index is 13.1. The number of rotatable bonds is 7. The first-order chi connectivity index (χ1) is 17.7. The van der Waals surface area contributed by atoms with Gasteiger partial charge in [0, 0.05) is 17.8 Å². The second-order valence-electron chi connectivity index (χ2n) is 9.97. The van der Waals surface area contributed by atoms with E-state index in [4.69, 9.17) is 4.74 Å². The highest BCUT2D eigenvalue weighted by Gasteiger charge is 2.25. The maximum Gasteiger partial charge on any atom is 0.410 e. The van der Waals surface area contributed by atoms with Gasteiger partial charge in [-0.05, 0) is 60.9 Å². The Hall–Kier alpha value is -4.16. The number of anilines is 1. The molecule has 4 aromatic rings. The number of fused-ring (bicyclic) bond motifs is 1. The lowest BCUT2D eigenvalue weighted by molar-refractivity contribution is 0.0124. The molecule has 0 radical (unpaired) electrons. The summed E-state index contributed by atoms with van der Waals surface area (Å²) in [6.45, 7) is 5.76. The van der Waals surface area contributed by atoms with Gasteiger partial charge in [0.25, 0.3) is 5.91 Å². The van der Waals surface area contributed by atoms with Gasteiger partial charge in [-0.25, -0.2) is 4.79 Å². The van der Waals surface area contributed by atoms with E-state index in [9.17, 15) is 14.7 Å². The van der Waals surface area contributed by atoms with E-state index in [1.54, 1.807) is 30.3 Å². The average molecular weight is 497 g/mol. The predicted octanol–water partition coefficient (Wildman–Crippen LogP) is 6.56. The fourth-order valence-corrected chi connectivity index (χ4v) is 4.09. The number of hydrogen-bond acceptors (Lipinski definition) is 4. The minimum Gasteiger partial charge on any atom is -0.444 e. The molecule has 0 fully saturated rings. The molecule has 0 aromatic heterocycles. The third-order valence-electron chi connectivity index (χ3n) is 5.82. The van der Waals surface area contributed by atoms with Crippen LogP contribution in [0.5, 0.6) is 0 Å². The van der Waals surface area contributed by atoms with Crippen molar-refractivity contribution in [3.63, 3.8) is 0 Å². The van der Waals surface area contributed by atoms with Gasteiger partial charge in [-0.1, -0.05) is 78.9 Å². The summed E-state index contributed by atoms with van der Waals surface area (Å²) in [6, 6.07) is 29.9. The highest BCUT2D eigenvalue weighted by atomic mass is 16.6. The van der Waals surface area contributed by atoms with Crippen LogP contribution in [0, 0.1) is 0 Å². The predicted molar refractivity (Wildman–Crippen MR) is 146 cm³/mol. The monoisotopic (exact) mass is 496 g/mol. The van der Waals surface area contributed by atoms with Crippen molar-refractivity contribution in [2.75, 3.05) is 11.9 Å². The average Bonchev–Trinajstić information content (AvgIpc) is 2.87. The number of aliphatic hydroxyl groups is 1. The van der Waals surface area contributed by atoms with Crippen molar-refractivity contribution in [2.24, 2.45) is 0 Å². The normalized spacial score (nSPS) is 12.1. The van der Waals surface area contributed by atoms with E-state index in [1.165, 1.54) is 4.90 Å². The highest BCUT2D eigenvalue weighted by Crippen LogP contribution is 2.23. The van der Waals surface area contributed by atoms with Crippen LogP contribution < -0.4 is 5.32 Å². The van der Waals surface area contributed by atoms with Crippen molar-refractivity contribution in [1.82, 2.24) is 4.90 Å². The molecule has 2 amide bonds. The molecule has 0 aliphatic rings. The van der Waals surface area contributed by atoms with Crippen LogP contribution in [0.4, 0.5) is 10.5 Å². The molecule has 4 rings (SSSR count). The smallest absolute Gasteiger partial charge is 0.410 e. The molecule has 6 nitrogen and oxygen atoms in total. The molecule has 6 heteroatoms. The van der Waals surface area contributed by atoms with Crippen molar-refractivity contribution in [1.29, 1.82) is 0 Å². The van der Waals surface area contributed by atoms with Gasteiger partial charge in [-0.3, -0.25) is 4.79 Å². The molecule has 0 saturated carbocycles. The van der Waals surface area contributed by atoms with E-state index in [0.29, 0.717) is 23.4 Å². The second kappa shape index (κ2) is 11.3. The van der Waals surface area contributed by atoms with Crippen LogP contribution in [0.2, 0.25) is 0 Å². The van der Waals surface area contributed by atoms with Crippen LogP contribution in [0.15, 0.2) is 97.1 Å². The van der Waals surface area contributed by atoms with Gasteiger partial charge in [-0.15, -0.1) is 0 Å². The van der Waals surface area contributed by atoms with E-state index in [-0.39, 0.29) is 12.5 Å². The number of hydrogen-bond donors (Lipinski definition) is 2. The molecule has 0 heterocycles. The van der Waals surface area contributed by atoms with Gasteiger partial charge >= 0.3 is 6.09 Å². The van der Waals surface area contributed by atoms with Gasteiger partial charge < -0.3 is 20.1 Å². The molecule has 0 saturated heterocycles. The molecule has 0 aliphatic heterocycles. The standard InChI is InChI=1S/C31H32N2O4/c1-31(2,3)37-30(36)33(20-22-11-5-4-6-12-22)21-28(34)24-15-9-16-25(19-24)32-29(35)27-18-10-14-23-13-7-8-17-26(23)27/h4-19,28,34H,20-21H2,1-3H3,(H,32,35)/t28-/m0/s1. The van der Waals surface area contributed by atoms with Gasteiger partial charge in [-0.2, -0.15) is 0 Å². The van der Waals surface area contributed by atoms with E-state index in [0.717, 1.165) is 16.3 Å². The quantitative estimate of drug-likeness (QED) is 0.304. The molecule has 1 atom stereocenters.